The van der Waals surface area contributed by atoms with Crippen molar-refractivity contribution in [2.24, 2.45) is 0 Å². The molecular formula is C13H20N2O3S. The molecule has 106 valence electrons. The molecule has 1 aliphatic rings. The lowest BCUT2D eigenvalue weighted by atomic mass is 10.3. The Morgan fingerprint density at radius 1 is 1.32 bits per heavy atom. The van der Waals surface area contributed by atoms with Crippen LogP contribution in [0.15, 0.2) is 29.2 Å². The minimum absolute atomic E-state index is 0.0664. The Hall–Kier alpha value is -1.11. The van der Waals surface area contributed by atoms with Crippen LogP contribution in [0.25, 0.3) is 0 Å². The van der Waals surface area contributed by atoms with Crippen LogP contribution >= 0.6 is 0 Å². The van der Waals surface area contributed by atoms with Gasteiger partial charge in [-0.25, -0.2) is 13.1 Å². The molecule has 0 bridgehead atoms. The fourth-order valence-corrected chi connectivity index (χ4v) is 3.73. The molecule has 1 unspecified atom stereocenters. The number of nitrogens with one attached hydrogen (secondary N) is 1. The van der Waals surface area contributed by atoms with Crippen molar-refractivity contribution in [3.63, 3.8) is 0 Å². The molecule has 1 aromatic rings. The number of rotatable bonds is 5. The monoisotopic (exact) mass is 284 g/mol. The smallest absolute Gasteiger partial charge is 0.244 e. The lowest BCUT2D eigenvalue weighted by molar-refractivity contribution is 0.312. The van der Waals surface area contributed by atoms with Gasteiger partial charge in [-0.2, -0.15) is 0 Å². The van der Waals surface area contributed by atoms with Gasteiger partial charge in [0.1, 0.15) is 10.6 Å². The number of para-hydroxylation sites is 1. The second-order valence-electron chi connectivity index (χ2n) is 5.00. The molecule has 19 heavy (non-hydrogen) atoms. The SMILES string of the molecule is CC(CN1CCCC1)NS(=O)(=O)c1ccccc1O. The second kappa shape index (κ2) is 5.90. The quantitative estimate of drug-likeness (QED) is 0.851. The predicted molar refractivity (Wildman–Crippen MR) is 73.6 cm³/mol. The Morgan fingerprint density at radius 3 is 2.58 bits per heavy atom. The normalized spacial score (nSPS) is 18.6. The van der Waals surface area contributed by atoms with E-state index in [1.807, 2.05) is 6.92 Å². The van der Waals surface area contributed by atoms with Crippen LogP contribution in [0.5, 0.6) is 5.75 Å². The summed E-state index contributed by atoms with van der Waals surface area (Å²) >= 11 is 0. The topological polar surface area (TPSA) is 69.6 Å². The van der Waals surface area contributed by atoms with E-state index in [1.165, 1.54) is 25.0 Å². The van der Waals surface area contributed by atoms with Crippen molar-refractivity contribution in [3.05, 3.63) is 24.3 Å². The summed E-state index contributed by atoms with van der Waals surface area (Å²) in [6.45, 7) is 4.61. The molecule has 2 rings (SSSR count). The minimum Gasteiger partial charge on any atom is -0.507 e. The molecule has 1 heterocycles. The molecule has 6 heteroatoms. The van der Waals surface area contributed by atoms with Gasteiger partial charge in [-0.1, -0.05) is 12.1 Å². The van der Waals surface area contributed by atoms with Gasteiger partial charge in [-0.3, -0.25) is 0 Å². The highest BCUT2D eigenvalue weighted by atomic mass is 32.2. The van der Waals surface area contributed by atoms with Crippen molar-refractivity contribution in [1.82, 2.24) is 9.62 Å². The first-order valence-corrected chi connectivity index (χ1v) is 8.00. The Kier molecular flexibility index (Phi) is 4.44. The highest BCUT2D eigenvalue weighted by Crippen LogP contribution is 2.21. The summed E-state index contributed by atoms with van der Waals surface area (Å²) in [6.07, 6.45) is 2.36. The van der Waals surface area contributed by atoms with Crippen molar-refractivity contribution in [2.45, 2.75) is 30.7 Å². The van der Waals surface area contributed by atoms with Crippen LogP contribution in [0.4, 0.5) is 0 Å². The van der Waals surface area contributed by atoms with E-state index in [2.05, 4.69) is 9.62 Å². The summed E-state index contributed by atoms with van der Waals surface area (Å²) in [5, 5.41) is 9.61. The molecule has 0 aromatic heterocycles. The molecule has 1 aromatic carbocycles. The first-order valence-electron chi connectivity index (χ1n) is 6.52. The molecule has 1 fully saturated rings. The number of phenolic OH excluding ortho intramolecular Hbond substituents is 1. The predicted octanol–water partition coefficient (Wildman–Crippen LogP) is 1.15. The third kappa shape index (κ3) is 3.68. The van der Waals surface area contributed by atoms with E-state index in [-0.39, 0.29) is 16.7 Å². The van der Waals surface area contributed by atoms with Crippen LogP contribution in [0.3, 0.4) is 0 Å². The number of likely N-dealkylation sites (tertiary alicyclic amines) is 1. The Morgan fingerprint density at radius 2 is 1.95 bits per heavy atom. The van der Waals surface area contributed by atoms with Gasteiger partial charge in [-0.05, 0) is 45.0 Å². The molecule has 1 atom stereocenters. The number of aromatic hydroxyl groups is 1. The van der Waals surface area contributed by atoms with E-state index in [0.717, 1.165) is 13.1 Å². The van der Waals surface area contributed by atoms with Crippen LogP contribution in [-0.4, -0.2) is 44.1 Å². The molecule has 0 amide bonds. The summed E-state index contributed by atoms with van der Waals surface area (Å²) in [6, 6.07) is 5.80. The van der Waals surface area contributed by atoms with Crippen molar-refractivity contribution in [1.29, 1.82) is 0 Å². The summed E-state index contributed by atoms with van der Waals surface area (Å²) in [5.74, 6) is -0.219. The Bertz CT molecular complexity index is 524. The molecular weight excluding hydrogens is 264 g/mol. The van der Waals surface area contributed by atoms with Gasteiger partial charge < -0.3 is 10.0 Å². The average Bonchev–Trinajstić information content (AvgIpc) is 2.81. The first-order chi connectivity index (χ1) is 8.99. The van der Waals surface area contributed by atoms with Crippen molar-refractivity contribution < 1.29 is 13.5 Å². The fourth-order valence-electron chi connectivity index (χ4n) is 2.40. The van der Waals surface area contributed by atoms with Crippen LogP contribution < -0.4 is 4.72 Å². The van der Waals surface area contributed by atoms with E-state index in [0.29, 0.717) is 6.54 Å². The summed E-state index contributed by atoms with van der Waals surface area (Å²) in [4.78, 5) is 2.18. The van der Waals surface area contributed by atoms with Crippen LogP contribution in [0.2, 0.25) is 0 Å². The van der Waals surface area contributed by atoms with Gasteiger partial charge in [-0.15, -0.1) is 0 Å². The van der Waals surface area contributed by atoms with Gasteiger partial charge >= 0.3 is 0 Å². The van der Waals surface area contributed by atoms with Gasteiger partial charge in [0.2, 0.25) is 10.0 Å². The van der Waals surface area contributed by atoms with E-state index in [1.54, 1.807) is 12.1 Å². The van der Waals surface area contributed by atoms with Gasteiger partial charge in [0.05, 0.1) is 0 Å². The van der Waals surface area contributed by atoms with E-state index in [4.69, 9.17) is 0 Å². The third-order valence-corrected chi connectivity index (χ3v) is 4.88. The maximum absolute atomic E-state index is 12.1. The molecule has 1 saturated heterocycles. The molecule has 0 radical (unpaired) electrons. The van der Waals surface area contributed by atoms with E-state index in [9.17, 15) is 13.5 Å². The number of sulfonamides is 1. The maximum atomic E-state index is 12.1. The zero-order valence-corrected chi connectivity index (χ0v) is 11.9. The molecule has 0 spiro atoms. The van der Waals surface area contributed by atoms with Crippen molar-refractivity contribution in [2.75, 3.05) is 19.6 Å². The first kappa shape index (κ1) is 14.3. The molecule has 2 N–H and O–H groups in total. The summed E-state index contributed by atoms with van der Waals surface area (Å²) in [5.41, 5.74) is 0. The number of phenols is 1. The standard InChI is InChI=1S/C13H20N2O3S/c1-11(10-15-8-4-5-9-15)14-19(17,18)13-7-3-2-6-12(13)16/h2-3,6-7,11,14,16H,4-5,8-10H2,1H3. The van der Waals surface area contributed by atoms with Crippen molar-refractivity contribution in [3.8, 4) is 5.75 Å². The van der Waals surface area contributed by atoms with Gasteiger partial charge in [0.25, 0.3) is 0 Å². The number of nitrogens with zero attached hydrogens (tertiary/aromatic N) is 1. The van der Waals surface area contributed by atoms with Crippen molar-refractivity contribution >= 4 is 10.0 Å². The Labute approximate surface area is 114 Å². The van der Waals surface area contributed by atoms with Gasteiger partial charge in [0, 0.05) is 12.6 Å². The molecule has 0 aliphatic carbocycles. The highest BCUT2D eigenvalue weighted by Gasteiger charge is 2.22. The highest BCUT2D eigenvalue weighted by molar-refractivity contribution is 7.89. The number of hydrogen-bond acceptors (Lipinski definition) is 4. The van der Waals surface area contributed by atoms with Crippen LogP contribution in [-0.2, 0) is 10.0 Å². The van der Waals surface area contributed by atoms with E-state index >= 15 is 0 Å². The number of hydrogen-bond donors (Lipinski definition) is 2. The second-order valence-corrected chi connectivity index (χ2v) is 6.68. The molecule has 5 nitrogen and oxygen atoms in total. The molecule has 0 saturated carbocycles. The largest absolute Gasteiger partial charge is 0.507 e. The van der Waals surface area contributed by atoms with Crippen LogP contribution in [0.1, 0.15) is 19.8 Å². The Balaban J connectivity index is 2.02. The third-order valence-electron chi connectivity index (χ3n) is 3.24. The number of benzene rings is 1. The summed E-state index contributed by atoms with van der Waals surface area (Å²) in [7, 11) is -3.66. The zero-order chi connectivity index (χ0) is 13.9. The van der Waals surface area contributed by atoms with Gasteiger partial charge in [0.15, 0.2) is 0 Å². The fraction of sp³-hybridized carbons (Fsp3) is 0.538. The maximum Gasteiger partial charge on any atom is 0.244 e. The summed E-state index contributed by atoms with van der Waals surface area (Å²) < 4.78 is 26.9. The van der Waals surface area contributed by atoms with Crippen LogP contribution in [0, 0.1) is 0 Å². The zero-order valence-electron chi connectivity index (χ0n) is 11.0. The molecule has 1 aliphatic heterocycles. The van der Waals surface area contributed by atoms with E-state index < -0.39 is 10.0 Å². The average molecular weight is 284 g/mol. The lowest BCUT2D eigenvalue weighted by Crippen LogP contribution is -2.41. The lowest BCUT2D eigenvalue weighted by Gasteiger charge is -2.21. The minimum atomic E-state index is -3.66.